The van der Waals surface area contributed by atoms with E-state index in [1.807, 2.05) is 35.2 Å². The van der Waals surface area contributed by atoms with Crippen LogP contribution in [0.15, 0.2) is 30.3 Å². The van der Waals surface area contributed by atoms with Crippen molar-refractivity contribution in [2.75, 3.05) is 32.4 Å². The molecule has 0 aromatic heterocycles. The van der Waals surface area contributed by atoms with Crippen molar-refractivity contribution in [3.63, 3.8) is 0 Å². The van der Waals surface area contributed by atoms with Crippen LogP contribution in [-0.2, 0) is 14.8 Å². The van der Waals surface area contributed by atoms with E-state index in [4.69, 9.17) is 5.73 Å². The van der Waals surface area contributed by atoms with Crippen molar-refractivity contribution in [3.05, 3.63) is 35.9 Å². The van der Waals surface area contributed by atoms with E-state index in [0.717, 1.165) is 24.7 Å². The van der Waals surface area contributed by atoms with Gasteiger partial charge in [0.25, 0.3) is 0 Å². The van der Waals surface area contributed by atoms with Gasteiger partial charge in [-0.1, -0.05) is 30.3 Å². The lowest BCUT2D eigenvalue weighted by Crippen LogP contribution is -2.46. The standard InChI is InChI=1S/C16H25N3O3S.ClH/c1-23(21,22)18-11-13-6-5-9-19(12-13)16(20)15(10-17)14-7-3-2-4-8-14;/h2-4,7-8,13,15,18H,5-6,9-12,17H2,1H3;1H. The summed E-state index contributed by atoms with van der Waals surface area (Å²) in [7, 11) is -3.20. The van der Waals surface area contributed by atoms with Gasteiger partial charge in [-0.3, -0.25) is 4.79 Å². The van der Waals surface area contributed by atoms with Crippen LogP contribution >= 0.6 is 12.4 Å². The molecular weight excluding hydrogens is 350 g/mol. The molecule has 1 aliphatic heterocycles. The van der Waals surface area contributed by atoms with Gasteiger partial charge in [0.05, 0.1) is 12.2 Å². The Morgan fingerprint density at radius 2 is 2.04 bits per heavy atom. The minimum absolute atomic E-state index is 0. The third kappa shape index (κ3) is 6.05. The summed E-state index contributed by atoms with van der Waals surface area (Å²) in [6, 6.07) is 9.56. The van der Waals surface area contributed by atoms with Gasteiger partial charge in [-0.25, -0.2) is 13.1 Å². The number of sulfonamides is 1. The van der Waals surface area contributed by atoms with Gasteiger partial charge in [-0.2, -0.15) is 0 Å². The van der Waals surface area contributed by atoms with Gasteiger partial charge in [-0.05, 0) is 24.3 Å². The van der Waals surface area contributed by atoms with E-state index in [-0.39, 0.29) is 36.7 Å². The minimum Gasteiger partial charge on any atom is -0.342 e. The van der Waals surface area contributed by atoms with Gasteiger partial charge in [0.1, 0.15) is 0 Å². The topological polar surface area (TPSA) is 92.5 Å². The molecule has 0 spiro atoms. The Kier molecular flexibility index (Phi) is 8.15. The Labute approximate surface area is 150 Å². The molecule has 6 nitrogen and oxygen atoms in total. The van der Waals surface area contributed by atoms with Crippen molar-refractivity contribution >= 4 is 28.3 Å². The van der Waals surface area contributed by atoms with Crippen LogP contribution in [0.5, 0.6) is 0 Å². The lowest BCUT2D eigenvalue weighted by Gasteiger charge is -2.35. The van der Waals surface area contributed by atoms with Crippen LogP contribution in [-0.4, -0.2) is 51.7 Å². The molecular formula is C16H26ClN3O3S. The number of carbonyl (C=O) groups is 1. The molecule has 1 aliphatic rings. The SMILES string of the molecule is CS(=O)(=O)NCC1CCCN(C(=O)C(CN)c2ccccc2)C1.Cl. The molecule has 136 valence electrons. The van der Waals surface area contributed by atoms with Crippen LogP contribution in [0.1, 0.15) is 24.3 Å². The molecule has 0 radical (unpaired) electrons. The molecule has 1 heterocycles. The minimum atomic E-state index is -3.20. The highest BCUT2D eigenvalue weighted by atomic mass is 35.5. The number of rotatable bonds is 6. The molecule has 0 aliphatic carbocycles. The fourth-order valence-electron chi connectivity index (χ4n) is 2.99. The Bertz CT molecular complexity index is 625. The lowest BCUT2D eigenvalue weighted by atomic mass is 9.93. The van der Waals surface area contributed by atoms with Gasteiger partial charge >= 0.3 is 0 Å². The predicted molar refractivity (Wildman–Crippen MR) is 97.6 cm³/mol. The first-order valence-electron chi connectivity index (χ1n) is 7.89. The number of halogens is 1. The maximum atomic E-state index is 12.8. The number of hydrogen-bond acceptors (Lipinski definition) is 4. The van der Waals surface area contributed by atoms with E-state index in [0.29, 0.717) is 19.6 Å². The van der Waals surface area contributed by atoms with Gasteiger partial charge in [0.15, 0.2) is 0 Å². The molecule has 0 saturated carbocycles. The van der Waals surface area contributed by atoms with Crippen molar-refractivity contribution in [1.82, 2.24) is 9.62 Å². The van der Waals surface area contributed by atoms with Crippen molar-refractivity contribution in [2.24, 2.45) is 11.7 Å². The third-order valence-electron chi connectivity index (χ3n) is 4.20. The number of piperidine rings is 1. The summed E-state index contributed by atoms with van der Waals surface area (Å²) in [6.07, 6.45) is 2.96. The zero-order chi connectivity index (χ0) is 16.9. The summed E-state index contributed by atoms with van der Waals surface area (Å²) in [6.45, 7) is 1.93. The highest BCUT2D eigenvalue weighted by Gasteiger charge is 2.29. The van der Waals surface area contributed by atoms with Crippen LogP contribution < -0.4 is 10.5 Å². The quantitative estimate of drug-likeness (QED) is 0.773. The molecule has 24 heavy (non-hydrogen) atoms. The monoisotopic (exact) mass is 375 g/mol. The lowest BCUT2D eigenvalue weighted by molar-refractivity contribution is -0.134. The number of benzene rings is 1. The molecule has 1 fully saturated rings. The number of likely N-dealkylation sites (tertiary alicyclic amines) is 1. The molecule has 0 bridgehead atoms. The smallest absolute Gasteiger partial charge is 0.231 e. The van der Waals surface area contributed by atoms with E-state index in [1.54, 1.807) is 0 Å². The van der Waals surface area contributed by atoms with Crippen LogP contribution in [0.2, 0.25) is 0 Å². The molecule has 3 N–H and O–H groups in total. The summed E-state index contributed by atoms with van der Waals surface area (Å²) in [4.78, 5) is 14.6. The van der Waals surface area contributed by atoms with E-state index in [2.05, 4.69) is 4.72 Å². The molecule has 2 unspecified atom stereocenters. The highest BCUT2D eigenvalue weighted by Crippen LogP contribution is 2.22. The second kappa shape index (κ2) is 9.36. The van der Waals surface area contributed by atoms with Crippen LogP contribution in [0, 0.1) is 5.92 Å². The van der Waals surface area contributed by atoms with Crippen molar-refractivity contribution in [1.29, 1.82) is 0 Å². The van der Waals surface area contributed by atoms with E-state index >= 15 is 0 Å². The number of hydrogen-bond donors (Lipinski definition) is 2. The Morgan fingerprint density at radius 1 is 1.38 bits per heavy atom. The van der Waals surface area contributed by atoms with Crippen molar-refractivity contribution < 1.29 is 13.2 Å². The first-order valence-corrected chi connectivity index (χ1v) is 9.78. The summed E-state index contributed by atoms with van der Waals surface area (Å²) in [5.74, 6) is -0.155. The number of nitrogens with zero attached hydrogens (tertiary/aromatic N) is 1. The van der Waals surface area contributed by atoms with E-state index in [1.165, 1.54) is 0 Å². The maximum Gasteiger partial charge on any atom is 0.231 e. The number of amides is 1. The zero-order valence-corrected chi connectivity index (χ0v) is 15.5. The average molecular weight is 376 g/mol. The molecule has 1 aromatic rings. The van der Waals surface area contributed by atoms with Crippen LogP contribution in [0.3, 0.4) is 0 Å². The molecule has 1 amide bonds. The summed E-state index contributed by atoms with van der Waals surface area (Å²) in [5.41, 5.74) is 6.75. The first kappa shape index (κ1) is 20.9. The number of nitrogens with one attached hydrogen (secondary N) is 1. The normalized spacial score (nSPS) is 19.4. The fraction of sp³-hybridized carbons (Fsp3) is 0.562. The van der Waals surface area contributed by atoms with Crippen LogP contribution in [0.25, 0.3) is 0 Å². The highest BCUT2D eigenvalue weighted by molar-refractivity contribution is 7.88. The average Bonchev–Trinajstić information content (AvgIpc) is 2.54. The Morgan fingerprint density at radius 3 is 2.62 bits per heavy atom. The van der Waals surface area contributed by atoms with Gasteiger partial charge < -0.3 is 10.6 Å². The number of nitrogens with two attached hydrogens (primary N) is 1. The molecule has 1 aromatic carbocycles. The van der Waals surface area contributed by atoms with Crippen molar-refractivity contribution in [2.45, 2.75) is 18.8 Å². The summed E-state index contributed by atoms with van der Waals surface area (Å²) >= 11 is 0. The molecule has 2 rings (SSSR count). The van der Waals surface area contributed by atoms with E-state index < -0.39 is 10.0 Å². The van der Waals surface area contributed by atoms with Gasteiger partial charge in [0.2, 0.25) is 15.9 Å². The first-order chi connectivity index (χ1) is 10.9. The second-order valence-electron chi connectivity index (χ2n) is 6.11. The van der Waals surface area contributed by atoms with Crippen molar-refractivity contribution in [3.8, 4) is 0 Å². The zero-order valence-electron chi connectivity index (χ0n) is 13.8. The summed E-state index contributed by atoms with van der Waals surface area (Å²) in [5, 5.41) is 0. The third-order valence-corrected chi connectivity index (χ3v) is 4.89. The largest absolute Gasteiger partial charge is 0.342 e. The molecule has 2 atom stereocenters. The van der Waals surface area contributed by atoms with E-state index in [9.17, 15) is 13.2 Å². The predicted octanol–water partition coefficient (Wildman–Crippen LogP) is 0.939. The van der Waals surface area contributed by atoms with Gasteiger partial charge in [-0.15, -0.1) is 12.4 Å². The summed E-state index contributed by atoms with van der Waals surface area (Å²) < 4.78 is 25.0. The van der Waals surface area contributed by atoms with Gasteiger partial charge in [0, 0.05) is 26.2 Å². The second-order valence-corrected chi connectivity index (χ2v) is 7.95. The fourth-order valence-corrected chi connectivity index (χ4v) is 3.52. The van der Waals surface area contributed by atoms with Crippen LogP contribution in [0.4, 0.5) is 0 Å². The maximum absolute atomic E-state index is 12.8. The number of carbonyl (C=O) groups excluding carboxylic acids is 1. The Balaban J connectivity index is 0.00000288. The molecule has 1 saturated heterocycles. The molecule has 8 heteroatoms. The Hall–Kier alpha value is -1.15.